The van der Waals surface area contributed by atoms with E-state index in [1.807, 2.05) is 19.1 Å². The van der Waals surface area contributed by atoms with Gasteiger partial charge in [-0.3, -0.25) is 9.59 Å². The standard InChI is InChI=1S/C24H20ClNO4/c1-16(17-11-13-19(25)14-12-17)26-22(27)15-30-24(29)21-10-6-5-9-20(21)23(28)18-7-3-2-4-8-18/h2-14,16H,15H2,1H3,(H,26,27). The smallest absolute Gasteiger partial charge is 0.339 e. The second-order valence-corrected chi connectivity index (χ2v) is 7.09. The molecule has 0 fully saturated rings. The zero-order valence-corrected chi connectivity index (χ0v) is 17.1. The molecule has 0 aromatic heterocycles. The molecule has 30 heavy (non-hydrogen) atoms. The molecule has 0 saturated heterocycles. The summed E-state index contributed by atoms with van der Waals surface area (Å²) in [5.74, 6) is -1.47. The van der Waals surface area contributed by atoms with E-state index < -0.39 is 18.5 Å². The predicted molar refractivity (Wildman–Crippen MR) is 115 cm³/mol. The average molecular weight is 422 g/mol. The zero-order chi connectivity index (χ0) is 21.5. The average Bonchev–Trinajstić information content (AvgIpc) is 2.78. The van der Waals surface area contributed by atoms with Crippen molar-refractivity contribution in [3.63, 3.8) is 0 Å². The second-order valence-electron chi connectivity index (χ2n) is 6.66. The number of hydrogen-bond acceptors (Lipinski definition) is 4. The first-order chi connectivity index (χ1) is 14.5. The van der Waals surface area contributed by atoms with Crippen molar-refractivity contribution in [3.05, 3.63) is 106 Å². The molecule has 0 heterocycles. The number of rotatable bonds is 7. The Bertz CT molecular complexity index is 1050. The lowest BCUT2D eigenvalue weighted by atomic mass is 9.98. The maximum absolute atomic E-state index is 12.7. The van der Waals surface area contributed by atoms with Gasteiger partial charge in [-0.2, -0.15) is 0 Å². The third-order valence-electron chi connectivity index (χ3n) is 4.51. The first-order valence-electron chi connectivity index (χ1n) is 9.36. The summed E-state index contributed by atoms with van der Waals surface area (Å²) in [5, 5.41) is 3.37. The lowest BCUT2D eigenvalue weighted by molar-refractivity contribution is -0.124. The van der Waals surface area contributed by atoms with Gasteiger partial charge in [0, 0.05) is 16.1 Å². The number of halogens is 1. The molecule has 0 aliphatic heterocycles. The van der Waals surface area contributed by atoms with Crippen molar-refractivity contribution in [2.75, 3.05) is 6.61 Å². The van der Waals surface area contributed by atoms with Crippen molar-refractivity contribution in [2.24, 2.45) is 0 Å². The molecule has 5 nitrogen and oxygen atoms in total. The van der Waals surface area contributed by atoms with Crippen LogP contribution in [0, 0.1) is 0 Å². The molecule has 3 aromatic rings. The molecule has 0 spiro atoms. The number of carbonyl (C=O) groups is 3. The quantitative estimate of drug-likeness (QED) is 0.447. The maximum Gasteiger partial charge on any atom is 0.339 e. The van der Waals surface area contributed by atoms with E-state index in [9.17, 15) is 14.4 Å². The Kier molecular flexibility index (Phi) is 6.99. The van der Waals surface area contributed by atoms with Crippen LogP contribution in [-0.4, -0.2) is 24.3 Å². The molecule has 6 heteroatoms. The van der Waals surface area contributed by atoms with Crippen LogP contribution in [0.25, 0.3) is 0 Å². The minimum atomic E-state index is -0.732. The van der Waals surface area contributed by atoms with E-state index in [0.717, 1.165) is 5.56 Å². The fraction of sp³-hybridized carbons (Fsp3) is 0.125. The highest BCUT2D eigenvalue weighted by molar-refractivity contribution is 6.30. The van der Waals surface area contributed by atoms with E-state index in [1.54, 1.807) is 60.7 Å². The van der Waals surface area contributed by atoms with Crippen LogP contribution in [0.15, 0.2) is 78.9 Å². The van der Waals surface area contributed by atoms with Gasteiger partial charge in [0.05, 0.1) is 11.6 Å². The molecule has 0 aliphatic rings. The second kappa shape index (κ2) is 9.85. The number of hydrogen-bond donors (Lipinski definition) is 1. The van der Waals surface area contributed by atoms with E-state index in [1.165, 1.54) is 6.07 Å². The monoisotopic (exact) mass is 421 g/mol. The molecular weight excluding hydrogens is 402 g/mol. The Morgan fingerprint density at radius 3 is 2.13 bits per heavy atom. The molecule has 152 valence electrons. The molecule has 0 radical (unpaired) electrons. The summed E-state index contributed by atoms with van der Waals surface area (Å²) in [6.45, 7) is 1.36. The molecule has 1 unspecified atom stereocenters. The zero-order valence-electron chi connectivity index (χ0n) is 16.3. The molecule has 0 bridgehead atoms. The van der Waals surface area contributed by atoms with E-state index in [2.05, 4.69) is 5.32 Å². The first kappa shape index (κ1) is 21.3. The lowest BCUT2D eigenvalue weighted by Gasteiger charge is -2.15. The first-order valence-corrected chi connectivity index (χ1v) is 9.74. The third-order valence-corrected chi connectivity index (χ3v) is 4.76. The van der Waals surface area contributed by atoms with Gasteiger partial charge in [0.1, 0.15) is 0 Å². The number of amides is 1. The van der Waals surface area contributed by atoms with Crippen LogP contribution in [0.2, 0.25) is 5.02 Å². The largest absolute Gasteiger partial charge is 0.452 e. The number of esters is 1. The normalized spacial score (nSPS) is 11.4. The van der Waals surface area contributed by atoms with Crippen molar-refractivity contribution in [2.45, 2.75) is 13.0 Å². The number of carbonyl (C=O) groups excluding carboxylic acids is 3. The van der Waals surface area contributed by atoms with Gasteiger partial charge in [0.25, 0.3) is 5.91 Å². The Labute approximate surface area is 179 Å². The summed E-state index contributed by atoms with van der Waals surface area (Å²) in [6.07, 6.45) is 0. The maximum atomic E-state index is 12.7. The van der Waals surface area contributed by atoms with Gasteiger partial charge in [-0.05, 0) is 30.7 Å². The highest BCUT2D eigenvalue weighted by Gasteiger charge is 2.20. The van der Waals surface area contributed by atoms with Crippen molar-refractivity contribution in [3.8, 4) is 0 Å². The minimum absolute atomic E-state index is 0.116. The van der Waals surface area contributed by atoms with E-state index in [4.69, 9.17) is 16.3 Å². The summed E-state index contributed by atoms with van der Waals surface area (Å²) in [6, 6.07) is 21.9. The molecule has 3 aromatic carbocycles. The van der Waals surface area contributed by atoms with Gasteiger partial charge in [0.2, 0.25) is 0 Å². The Morgan fingerprint density at radius 2 is 1.47 bits per heavy atom. The predicted octanol–water partition coefficient (Wildman–Crippen LogP) is 4.61. The molecule has 0 saturated carbocycles. The summed E-state index contributed by atoms with van der Waals surface area (Å²) >= 11 is 5.87. The van der Waals surface area contributed by atoms with Gasteiger partial charge >= 0.3 is 5.97 Å². The van der Waals surface area contributed by atoms with Crippen LogP contribution in [0.5, 0.6) is 0 Å². The highest BCUT2D eigenvalue weighted by atomic mass is 35.5. The fourth-order valence-electron chi connectivity index (χ4n) is 2.93. The van der Waals surface area contributed by atoms with Gasteiger partial charge in [-0.1, -0.05) is 72.3 Å². The summed E-state index contributed by atoms with van der Waals surface area (Å²) in [7, 11) is 0. The van der Waals surface area contributed by atoms with E-state index in [0.29, 0.717) is 10.6 Å². The molecule has 1 atom stereocenters. The summed E-state index contributed by atoms with van der Waals surface area (Å²) in [4.78, 5) is 37.5. The molecule has 3 rings (SSSR count). The van der Waals surface area contributed by atoms with Crippen LogP contribution in [0.4, 0.5) is 0 Å². The van der Waals surface area contributed by atoms with Crippen LogP contribution in [0.3, 0.4) is 0 Å². The van der Waals surface area contributed by atoms with Crippen LogP contribution >= 0.6 is 11.6 Å². The Hall–Kier alpha value is -3.44. The van der Waals surface area contributed by atoms with Crippen LogP contribution in [0.1, 0.15) is 44.8 Å². The highest BCUT2D eigenvalue weighted by Crippen LogP contribution is 2.17. The van der Waals surface area contributed by atoms with Crippen LogP contribution < -0.4 is 5.32 Å². The SMILES string of the molecule is CC(NC(=O)COC(=O)c1ccccc1C(=O)c1ccccc1)c1ccc(Cl)cc1. The van der Waals surface area contributed by atoms with E-state index >= 15 is 0 Å². The van der Waals surface area contributed by atoms with E-state index in [-0.39, 0.29) is 23.0 Å². The van der Waals surface area contributed by atoms with Crippen molar-refractivity contribution >= 4 is 29.3 Å². The topological polar surface area (TPSA) is 72.5 Å². The van der Waals surface area contributed by atoms with Gasteiger partial charge in [0.15, 0.2) is 12.4 Å². The van der Waals surface area contributed by atoms with Crippen LogP contribution in [-0.2, 0) is 9.53 Å². The van der Waals surface area contributed by atoms with Crippen molar-refractivity contribution in [1.29, 1.82) is 0 Å². The number of ether oxygens (including phenoxy) is 1. The lowest BCUT2D eigenvalue weighted by Crippen LogP contribution is -2.31. The van der Waals surface area contributed by atoms with Gasteiger partial charge in [-0.25, -0.2) is 4.79 Å². The summed E-state index contributed by atoms with van der Waals surface area (Å²) < 4.78 is 5.15. The van der Waals surface area contributed by atoms with Crippen molar-refractivity contribution < 1.29 is 19.1 Å². The fourth-order valence-corrected chi connectivity index (χ4v) is 3.06. The van der Waals surface area contributed by atoms with Gasteiger partial charge < -0.3 is 10.1 Å². The third kappa shape index (κ3) is 5.33. The van der Waals surface area contributed by atoms with Crippen molar-refractivity contribution in [1.82, 2.24) is 5.32 Å². The molecular formula is C24H20ClNO4. The number of ketones is 1. The minimum Gasteiger partial charge on any atom is -0.452 e. The number of benzene rings is 3. The molecule has 1 amide bonds. The molecule has 0 aliphatic carbocycles. The Balaban J connectivity index is 1.63. The molecule has 1 N–H and O–H groups in total. The Morgan fingerprint density at radius 1 is 0.867 bits per heavy atom. The van der Waals surface area contributed by atoms with Gasteiger partial charge in [-0.15, -0.1) is 0 Å². The summed E-state index contributed by atoms with van der Waals surface area (Å²) in [5.41, 5.74) is 1.68. The number of nitrogens with one attached hydrogen (secondary N) is 1.